The molecule has 0 radical (unpaired) electrons. The van der Waals surface area contributed by atoms with Crippen LogP contribution >= 0.6 is 0 Å². The van der Waals surface area contributed by atoms with Crippen LogP contribution in [0.1, 0.15) is 5.89 Å². The van der Waals surface area contributed by atoms with Gasteiger partial charge in [-0.05, 0) is 24.3 Å². The highest BCUT2D eigenvalue weighted by atomic mass is 32.2. The van der Waals surface area contributed by atoms with Gasteiger partial charge in [0.15, 0.2) is 11.7 Å². The first kappa shape index (κ1) is 17.9. The number of rotatable bonds is 5. The molecule has 0 saturated carbocycles. The van der Waals surface area contributed by atoms with Crippen molar-refractivity contribution in [2.24, 2.45) is 7.05 Å². The number of hydrogen-bond acceptors (Lipinski definition) is 6. The highest BCUT2D eigenvalue weighted by Gasteiger charge is 2.18. The van der Waals surface area contributed by atoms with Gasteiger partial charge in [0.05, 0.1) is 10.6 Å². The summed E-state index contributed by atoms with van der Waals surface area (Å²) in [6, 6.07) is 13.5. The standard InChI is InChI=1S/C19H17N5O3S/c1-13-21-18(11-27-13)14-7-9-15(10-8-14)28(25,26)23-17-6-4-3-5-16(17)19-22-20-12-24(19)2/h3-12,23H,1-2H3. The third kappa shape index (κ3) is 3.39. The van der Waals surface area contributed by atoms with Gasteiger partial charge in [-0.25, -0.2) is 13.4 Å². The number of hydrogen-bond donors (Lipinski definition) is 1. The van der Waals surface area contributed by atoms with E-state index in [1.165, 1.54) is 18.4 Å². The number of aromatic nitrogens is 4. The predicted molar refractivity (Wildman–Crippen MR) is 104 cm³/mol. The summed E-state index contributed by atoms with van der Waals surface area (Å²) in [5, 5.41) is 7.92. The van der Waals surface area contributed by atoms with Crippen molar-refractivity contribution < 1.29 is 12.8 Å². The molecular formula is C19H17N5O3S. The molecular weight excluding hydrogens is 378 g/mol. The molecule has 0 bridgehead atoms. The molecule has 0 atom stereocenters. The first-order valence-corrected chi connectivity index (χ1v) is 9.91. The Morgan fingerprint density at radius 2 is 1.82 bits per heavy atom. The van der Waals surface area contributed by atoms with E-state index in [0.29, 0.717) is 28.7 Å². The van der Waals surface area contributed by atoms with Gasteiger partial charge < -0.3 is 8.98 Å². The van der Waals surface area contributed by atoms with E-state index in [9.17, 15) is 8.42 Å². The zero-order valence-corrected chi connectivity index (χ0v) is 16.0. The minimum atomic E-state index is -3.78. The Hall–Kier alpha value is -3.46. The Morgan fingerprint density at radius 3 is 2.46 bits per heavy atom. The third-order valence-corrected chi connectivity index (χ3v) is 5.58. The molecule has 0 fully saturated rings. The van der Waals surface area contributed by atoms with E-state index >= 15 is 0 Å². The van der Waals surface area contributed by atoms with Gasteiger partial charge in [-0.1, -0.05) is 24.3 Å². The number of nitrogens with zero attached hydrogens (tertiary/aromatic N) is 4. The zero-order chi connectivity index (χ0) is 19.7. The van der Waals surface area contributed by atoms with Crippen LogP contribution in [0.4, 0.5) is 5.69 Å². The quantitative estimate of drug-likeness (QED) is 0.556. The number of para-hydroxylation sites is 1. The molecule has 28 heavy (non-hydrogen) atoms. The van der Waals surface area contributed by atoms with Crippen LogP contribution in [0.5, 0.6) is 0 Å². The van der Waals surface area contributed by atoms with E-state index < -0.39 is 10.0 Å². The number of benzene rings is 2. The number of sulfonamides is 1. The van der Waals surface area contributed by atoms with Gasteiger partial charge in [-0.2, -0.15) is 0 Å². The fourth-order valence-electron chi connectivity index (χ4n) is 2.80. The first-order chi connectivity index (χ1) is 13.4. The maximum Gasteiger partial charge on any atom is 0.261 e. The molecule has 0 spiro atoms. The SMILES string of the molecule is Cc1nc(-c2ccc(S(=O)(=O)Nc3ccccc3-c3nncn3C)cc2)co1. The Bertz CT molecular complexity index is 1230. The van der Waals surface area contributed by atoms with E-state index in [2.05, 4.69) is 19.9 Å². The van der Waals surface area contributed by atoms with Crippen LogP contribution in [0.3, 0.4) is 0 Å². The van der Waals surface area contributed by atoms with Crippen LogP contribution in [0.15, 0.2) is 70.4 Å². The number of nitrogens with one attached hydrogen (secondary N) is 1. The summed E-state index contributed by atoms with van der Waals surface area (Å²) < 4.78 is 35.3. The van der Waals surface area contributed by atoms with Crippen molar-refractivity contribution in [2.75, 3.05) is 4.72 Å². The van der Waals surface area contributed by atoms with Crippen LogP contribution < -0.4 is 4.72 Å². The van der Waals surface area contributed by atoms with E-state index in [-0.39, 0.29) is 4.90 Å². The molecule has 4 aromatic rings. The first-order valence-electron chi connectivity index (χ1n) is 8.43. The van der Waals surface area contributed by atoms with Crippen molar-refractivity contribution in [1.29, 1.82) is 0 Å². The second kappa shape index (κ2) is 6.93. The van der Waals surface area contributed by atoms with Crippen molar-refractivity contribution in [3.8, 4) is 22.6 Å². The number of oxazole rings is 1. The molecule has 0 aliphatic heterocycles. The molecule has 9 heteroatoms. The van der Waals surface area contributed by atoms with Gasteiger partial charge in [0.2, 0.25) is 0 Å². The summed E-state index contributed by atoms with van der Waals surface area (Å²) in [5.74, 6) is 1.11. The van der Waals surface area contributed by atoms with Crippen molar-refractivity contribution in [1.82, 2.24) is 19.7 Å². The largest absolute Gasteiger partial charge is 0.449 e. The lowest BCUT2D eigenvalue weighted by atomic mass is 10.2. The molecule has 0 aliphatic rings. The summed E-state index contributed by atoms with van der Waals surface area (Å²) in [5.41, 5.74) is 2.49. The van der Waals surface area contributed by atoms with Gasteiger partial charge in [0.25, 0.3) is 10.0 Å². The van der Waals surface area contributed by atoms with Gasteiger partial charge in [-0.15, -0.1) is 10.2 Å². The average Bonchev–Trinajstić information content (AvgIpc) is 3.30. The lowest BCUT2D eigenvalue weighted by molar-refractivity contribution is 0.521. The smallest absolute Gasteiger partial charge is 0.261 e. The Kier molecular flexibility index (Phi) is 4.44. The molecule has 4 rings (SSSR count). The predicted octanol–water partition coefficient (Wildman–Crippen LogP) is 3.25. The molecule has 8 nitrogen and oxygen atoms in total. The van der Waals surface area contributed by atoms with Crippen LogP contribution in [0.25, 0.3) is 22.6 Å². The van der Waals surface area contributed by atoms with E-state index in [1.54, 1.807) is 55.2 Å². The fraction of sp³-hybridized carbons (Fsp3) is 0.105. The van der Waals surface area contributed by atoms with Gasteiger partial charge in [0.1, 0.15) is 18.3 Å². The molecule has 1 N–H and O–H groups in total. The summed E-state index contributed by atoms with van der Waals surface area (Å²) in [4.78, 5) is 4.38. The highest BCUT2D eigenvalue weighted by Crippen LogP contribution is 2.28. The molecule has 142 valence electrons. The van der Waals surface area contributed by atoms with Gasteiger partial charge in [-0.3, -0.25) is 4.72 Å². The summed E-state index contributed by atoms with van der Waals surface area (Å²) >= 11 is 0. The topological polar surface area (TPSA) is 103 Å². The van der Waals surface area contributed by atoms with Crippen LogP contribution in [0.2, 0.25) is 0 Å². The number of anilines is 1. The van der Waals surface area contributed by atoms with Crippen molar-refractivity contribution in [2.45, 2.75) is 11.8 Å². The van der Waals surface area contributed by atoms with Crippen LogP contribution in [-0.2, 0) is 17.1 Å². The van der Waals surface area contributed by atoms with E-state index in [4.69, 9.17) is 4.42 Å². The summed E-state index contributed by atoms with van der Waals surface area (Å²) in [7, 11) is -1.99. The maximum absolute atomic E-state index is 12.9. The molecule has 2 heterocycles. The fourth-order valence-corrected chi connectivity index (χ4v) is 3.88. The van der Waals surface area contributed by atoms with Crippen LogP contribution in [0, 0.1) is 6.92 Å². The highest BCUT2D eigenvalue weighted by molar-refractivity contribution is 7.92. The molecule has 2 aromatic heterocycles. The molecule has 0 saturated heterocycles. The lowest BCUT2D eigenvalue weighted by Crippen LogP contribution is -2.14. The molecule has 0 amide bonds. The minimum Gasteiger partial charge on any atom is -0.449 e. The summed E-state index contributed by atoms with van der Waals surface area (Å²) in [6.07, 6.45) is 3.10. The monoisotopic (exact) mass is 395 g/mol. The van der Waals surface area contributed by atoms with Crippen molar-refractivity contribution >= 4 is 15.7 Å². The third-order valence-electron chi connectivity index (χ3n) is 4.20. The minimum absolute atomic E-state index is 0.143. The maximum atomic E-state index is 12.9. The van der Waals surface area contributed by atoms with Gasteiger partial charge >= 0.3 is 0 Å². The summed E-state index contributed by atoms with van der Waals surface area (Å²) in [6.45, 7) is 1.75. The van der Waals surface area contributed by atoms with E-state index in [0.717, 1.165) is 5.56 Å². The van der Waals surface area contributed by atoms with E-state index in [1.807, 2.05) is 6.07 Å². The zero-order valence-electron chi connectivity index (χ0n) is 15.2. The second-order valence-corrected chi connectivity index (χ2v) is 7.88. The normalized spacial score (nSPS) is 11.5. The van der Waals surface area contributed by atoms with Gasteiger partial charge in [0, 0.05) is 25.1 Å². The molecule has 0 aliphatic carbocycles. The Morgan fingerprint density at radius 1 is 1.07 bits per heavy atom. The Labute approximate surface area is 161 Å². The van der Waals surface area contributed by atoms with Crippen molar-refractivity contribution in [3.63, 3.8) is 0 Å². The van der Waals surface area contributed by atoms with Crippen LogP contribution in [-0.4, -0.2) is 28.2 Å². The lowest BCUT2D eigenvalue weighted by Gasteiger charge is -2.12. The number of aryl methyl sites for hydroxylation is 2. The molecule has 0 unspecified atom stereocenters. The molecule has 2 aromatic carbocycles. The van der Waals surface area contributed by atoms with Crippen molar-refractivity contribution in [3.05, 3.63) is 67.0 Å². The average molecular weight is 395 g/mol. The Balaban J connectivity index is 1.65. The second-order valence-electron chi connectivity index (χ2n) is 6.19.